The lowest BCUT2D eigenvalue weighted by Crippen LogP contribution is -2.25. The minimum Gasteiger partial charge on any atom is -0.334 e. The lowest BCUT2D eigenvalue weighted by Gasteiger charge is -2.25. The normalized spacial score (nSPS) is 17.1. The molecular formula is C18H15F2N7. The van der Waals surface area contributed by atoms with Crippen LogP contribution in [-0.4, -0.2) is 35.9 Å². The van der Waals surface area contributed by atoms with E-state index in [2.05, 4.69) is 20.2 Å². The molecule has 1 aromatic carbocycles. The zero-order valence-corrected chi connectivity index (χ0v) is 14.2. The third kappa shape index (κ3) is 2.62. The number of hydrogen-bond donors (Lipinski definition) is 0. The number of aromatic nitrogens is 6. The van der Waals surface area contributed by atoms with E-state index in [1.807, 2.05) is 11.0 Å². The molecule has 27 heavy (non-hydrogen) atoms. The highest BCUT2D eigenvalue weighted by molar-refractivity contribution is 5.59. The van der Waals surface area contributed by atoms with E-state index in [0.29, 0.717) is 30.1 Å². The maximum absolute atomic E-state index is 14.3. The summed E-state index contributed by atoms with van der Waals surface area (Å²) in [6.07, 6.45) is 8.27. The van der Waals surface area contributed by atoms with Crippen LogP contribution in [0.3, 0.4) is 0 Å². The van der Waals surface area contributed by atoms with E-state index < -0.39 is 11.6 Å². The van der Waals surface area contributed by atoms with Crippen molar-refractivity contribution in [3.05, 3.63) is 66.4 Å². The molecule has 136 valence electrons. The molecule has 1 aliphatic rings. The number of anilines is 1. The van der Waals surface area contributed by atoms with Crippen LogP contribution in [-0.2, 0) is 0 Å². The highest BCUT2D eigenvalue weighted by atomic mass is 19.1. The Labute approximate surface area is 152 Å². The minimum atomic E-state index is -0.452. The number of halogens is 2. The molecule has 1 aliphatic heterocycles. The summed E-state index contributed by atoms with van der Waals surface area (Å²) >= 11 is 0. The second-order valence-electron chi connectivity index (χ2n) is 6.42. The van der Waals surface area contributed by atoms with E-state index >= 15 is 0 Å². The predicted octanol–water partition coefficient (Wildman–Crippen LogP) is 2.93. The van der Waals surface area contributed by atoms with E-state index in [0.717, 1.165) is 24.2 Å². The molecule has 0 unspecified atom stereocenters. The van der Waals surface area contributed by atoms with E-state index in [1.165, 1.54) is 6.07 Å². The Bertz CT molecular complexity index is 1110. The highest BCUT2D eigenvalue weighted by Crippen LogP contribution is 2.36. The molecule has 0 amide bonds. The summed E-state index contributed by atoms with van der Waals surface area (Å²) in [5.74, 6) is -0.412. The molecule has 4 aromatic rings. The first kappa shape index (κ1) is 15.9. The molecule has 0 N–H and O–H groups in total. The fourth-order valence-electron chi connectivity index (χ4n) is 3.58. The molecule has 3 aromatic heterocycles. The van der Waals surface area contributed by atoms with E-state index in [1.54, 1.807) is 34.1 Å². The van der Waals surface area contributed by atoms with Crippen LogP contribution in [0, 0.1) is 11.6 Å². The summed E-state index contributed by atoms with van der Waals surface area (Å²) in [7, 11) is 0. The van der Waals surface area contributed by atoms with E-state index in [4.69, 9.17) is 0 Å². The van der Waals surface area contributed by atoms with Crippen molar-refractivity contribution in [3.8, 4) is 5.69 Å². The van der Waals surface area contributed by atoms with Crippen LogP contribution in [0.25, 0.3) is 11.3 Å². The monoisotopic (exact) mass is 367 g/mol. The fraction of sp³-hybridized carbons (Fsp3) is 0.222. The van der Waals surface area contributed by atoms with Gasteiger partial charge in [-0.2, -0.15) is 15.2 Å². The summed E-state index contributed by atoms with van der Waals surface area (Å²) in [5, 5.41) is 8.47. The third-order valence-corrected chi connectivity index (χ3v) is 4.82. The average molecular weight is 367 g/mol. The smallest absolute Gasteiger partial charge is 0.229 e. The van der Waals surface area contributed by atoms with Crippen LogP contribution in [0.4, 0.5) is 14.7 Å². The standard InChI is InChI=1S/C18H15F2N7/c19-12-4-5-14(20)13(9-12)15-3-1-7-25(15)18-21-11-27-17(24-18)16(10-23-27)26-8-2-6-22-26/h2,4-6,8-11,15H,1,3,7H2/t15-/m1/s1. The number of nitrogens with zero attached hydrogens (tertiary/aromatic N) is 7. The topological polar surface area (TPSA) is 64.1 Å². The molecule has 1 atom stereocenters. The van der Waals surface area contributed by atoms with Crippen molar-refractivity contribution in [2.45, 2.75) is 18.9 Å². The summed E-state index contributed by atoms with van der Waals surface area (Å²) in [6, 6.07) is 5.06. The maximum atomic E-state index is 14.3. The third-order valence-electron chi connectivity index (χ3n) is 4.82. The van der Waals surface area contributed by atoms with Crippen molar-refractivity contribution in [1.82, 2.24) is 29.4 Å². The Kier molecular flexibility index (Phi) is 3.59. The molecule has 4 heterocycles. The molecule has 0 bridgehead atoms. The molecule has 1 saturated heterocycles. The number of fused-ring (bicyclic) bond motifs is 1. The van der Waals surface area contributed by atoms with Gasteiger partial charge >= 0.3 is 0 Å². The van der Waals surface area contributed by atoms with Gasteiger partial charge in [-0.3, -0.25) is 0 Å². The lowest BCUT2D eigenvalue weighted by molar-refractivity contribution is 0.559. The van der Waals surface area contributed by atoms with Gasteiger partial charge in [0.15, 0.2) is 5.65 Å². The van der Waals surface area contributed by atoms with Gasteiger partial charge in [0, 0.05) is 24.5 Å². The van der Waals surface area contributed by atoms with Gasteiger partial charge in [0.05, 0.1) is 12.2 Å². The highest BCUT2D eigenvalue weighted by Gasteiger charge is 2.30. The van der Waals surface area contributed by atoms with Crippen LogP contribution >= 0.6 is 0 Å². The van der Waals surface area contributed by atoms with Crippen LogP contribution in [0.5, 0.6) is 0 Å². The van der Waals surface area contributed by atoms with Crippen molar-refractivity contribution in [2.24, 2.45) is 0 Å². The maximum Gasteiger partial charge on any atom is 0.229 e. The quantitative estimate of drug-likeness (QED) is 0.557. The van der Waals surface area contributed by atoms with Crippen molar-refractivity contribution in [3.63, 3.8) is 0 Å². The number of benzene rings is 1. The molecule has 5 rings (SSSR count). The molecule has 9 heteroatoms. The number of hydrogen-bond acceptors (Lipinski definition) is 5. The van der Waals surface area contributed by atoms with Crippen molar-refractivity contribution < 1.29 is 8.78 Å². The van der Waals surface area contributed by atoms with Crippen LogP contribution in [0.1, 0.15) is 24.4 Å². The van der Waals surface area contributed by atoms with Gasteiger partial charge in [-0.25, -0.2) is 23.0 Å². The summed E-state index contributed by atoms with van der Waals surface area (Å²) < 4.78 is 31.2. The van der Waals surface area contributed by atoms with Gasteiger partial charge < -0.3 is 4.90 Å². The van der Waals surface area contributed by atoms with Gasteiger partial charge in [-0.1, -0.05) is 0 Å². The fourth-order valence-corrected chi connectivity index (χ4v) is 3.58. The first-order valence-corrected chi connectivity index (χ1v) is 8.63. The van der Waals surface area contributed by atoms with Crippen molar-refractivity contribution in [1.29, 1.82) is 0 Å². The second-order valence-corrected chi connectivity index (χ2v) is 6.42. The zero-order valence-electron chi connectivity index (χ0n) is 14.2. The average Bonchev–Trinajstić information content (AvgIpc) is 3.42. The Morgan fingerprint density at radius 3 is 2.93 bits per heavy atom. The molecule has 0 aliphatic carbocycles. The van der Waals surface area contributed by atoms with Crippen molar-refractivity contribution >= 4 is 11.6 Å². The minimum absolute atomic E-state index is 0.306. The molecule has 0 saturated carbocycles. The summed E-state index contributed by atoms with van der Waals surface area (Å²) in [5.41, 5.74) is 1.64. The second kappa shape index (κ2) is 6.11. The molecule has 7 nitrogen and oxygen atoms in total. The molecular weight excluding hydrogens is 352 g/mol. The molecule has 0 radical (unpaired) electrons. The Morgan fingerprint density at radius 2 is 2.07 bits per heavy atom. The van der Waals surface area contributed by atoms with Crippen LogP contribution in [0.15, 0.2) is 49.2 Å². The van der Waals surface area contributed by atoms with Crippen molar-refractivity contribution in [2.75, 3.05) is 11.4 Å². The largest absolute Gasteiger partial charge is 0.334 e. The Balaban J connectivity index is 1.58. The first-order chi connectivity index (χ1) is 13.2. The van der Waals surface area contributed by atoms with Crippen LogP contribution in [0.2, 0.25) is 0 Å². The van der Waals surface area contributed by atoms with Gasteiger partial charge in [-0.15, -0.1) is 0 Å². The molecule has 1 fully saturated rings. The predicted molar refractivity (Wildman–Crippen MR) is 93.6 cm³/mol. The zero-order chi connectivity index (χ0) is 18.4. The van der Waals surface area contributed by atoms with Gasteiger partial charge in [0.1, 0.15) is 23.6 Å². The van der Waals surface area contributed by atoms with Gasteiger partial charge in [-0.05, 0) is 37.1 Å². The Hall–Kier alpha value is -3.36. The SMILES string of the molecule is Fc1ccc(F)c([C@H]2CCCN2c2ncn3ncc(-n4cccn4)c3n2)c1. The van der Waals surface area contributed by atoms with E-state index in [-0.39, 0.29) is 6.04 Å². The van der Waals surface area contributed by atoms with Gasteiger partial charge in [0.25, 0.3) is 0 Å². The summed E-state index contributed by atoms with van der Waals surface area (Å²) in [4.78, 5) is 10.9. The Morgan fingerprint density at radius 1 is 1.15 bits per heavy atom. The first-order valence-electron chi connectivity index (χ1n) is 8.63. The van der Waals surface area contributed by atoms with Crippen LogP contribution < -0.4 is 4.90 Å². The van der Waals surface area contributed by atoms with Gasteiger partial charge in [0.2, 0.25) is 5.95 Å². The lowest BCUT2D eigenvalue weighted by atomic mass is 10.0. The number of rotatable bonds is 3. The summed E-state index contributed by atoms with van der Waals surface area (Å²) in [6.45, 7) is 0.669. The molecule has 0 spiro atoms. The van der Waals surface area contributed by atoms with E-state index in [9.17, 15) is 8.78 Å².